The minimum Gasteiger partial charge on any atom is -0.496 e. The topological polar surface area (TPSA) is 35.2 Å². The van der Waals surface area contributed by atoms with Gasteiger partial charge >= 0.3 is 0 Å². The zero-order valence-electron chi connectivity index (χ0n) is 10.9. The summed E-state index contributed by atoms with van der Waals surface area (Å²) in [5.41, 5.74) is 10.0. The van der Waals surface area contributed by atoms with Gasteiger partial charge in [0.1, 0.15) is 5.75 Å². The van der Waals surface area contributed by atoms with Gasteiger partial charge < -0.3 is 10.5 Å². The molecular weight excluding hydrogens is 278 g/mol. The molecule has 1 aromatic carbocycles. The molecular formula is C14H20BrNO. The van der Waals surface area contributed by atoms with Crippen LogP contribution in [0.25, 0.3) is 0 Å². The number of methoxy groups -OCH3 is 1. The van der Waals surface area contributed by atoms with Gasteiger partial charge in [-0.1, -0.05) is 22.0 Å². The largest absolute Gasteiger partial charge is 0.496 e. The van der Waals surface area contributed by atoms with Crippen LogP contribution in [0, 0.1) is 13.8 Å². The summed E-state index contributed by atoms with van der Waals surface area (Å²) in [5.74, 6) is 0.997. The van der Waals surface area contributed by atoms with Gasteiger partial charge in [-0.25, -0.2) is 0 Å². The van der Waals surface area contributed by atoms with E-state index < -0.39 is 0 Å². The molecule has 17 heavy (non-hydrogen) atoms. The third-order valence-electron chi connectivity index (χ3n) is 4.02. The number of rotatable bonds is 3. The van der Waals surface area contributed by atoms with Crippen LogP contribution < -0.4 is 10.5 Å². The maximum absolute atomic E-state index is 6.16. The fourth-order valence-corrected chi connectivity index (χ4v) is 2.97. The van der Waals surface area contributed by atoms with Crippen molar-refractivity contribution in [3.05, 3.63) is 27.2 Å². The van der Waals surface area contributed by atoms with Crippen molar-refractivity contribution in [2.24, 2.45) is 5.73 Å². The van der Waals surface area contributed by atoms with Gasteiger partial charge in [-0.05, 0) is 39.2 Å². The Morgan fingerprint density at radius 3 is 2.41 bits per heavy atom. The molecule has 1 aliphatic carbocycles. The minimum absolute atomic E-state index is 0.140. The van der Waals surface area contributed by atoms with Gasteiger partial charge in [0.25, 0.3) is 0 Å². The normalized spacial score (nSPS) is 18.9. The average molecular weight is 298 g/mol. The average Bonchev–Trinajstić information content (AvgIpc) is 3.06. The molecule has 0 saturated heterocycles. The molecule has 1 unspecified atom stereocenters. The van der Waals surface area contributed by atoms with Crippen LogP contribution in [0.15, 0.2) is 10.5 Å². The molecule has 1 saturated carbocycles. The first kappa shape index (κ1) is 12.9. The molecule has 0 spiro atoms. The zero-order valence-corrected chi connectivity index (χ0v) is 12.5. The monoisotopic (exact) mass is 297 g/mol. The van der Waals surface area contributed by atoms with Crippen LogP contribution >= 0.6 is 15.9 Å². The van der Waals surface area contributed by atoms with E-state index in [1.807, 2.05) is 0 Å². The SMILES string of the molecule is COc1c(C2(C(C)N)CC2)cc(C)c(Br)c1C. The highest BCUT2D eigenvalue weighted by atomic mass is 79.9. The standard InChI is InChI=1S/C14H20BrNO/c1-8-7-11(14(5-6-14)10(3)16)13(17-4)9(2)12(8)15/h7,10H,5-6,16H2,1-4H3. The van der Waals surface area contributed by atoms with Crippen LogP contribution in [0.5, 0.6) is 5.75 Å². The molecule has 0 amide bonds. The molecule has 1 aromatic rings. The Bertz CT molecular complexity index is 450. The van der Waals surface area contributed by atoms with Crippen molar-refractivity contribution in [2.45, 2.75) is 45.1 Å². The van der Waals surface area contributed by atoms with E-state index in [0.29, 0.717) is 0 Å². The number of hydrogen-bond donors (Lipinski definition) is 1. The maximum atomic E-state index is 6.16. The fourth-order valence-electron chi connectivity index (χ4n) is 2.68. The number of hydrogen-bond acceptors (Lipinski definition) is 2. The predicted octanol–water partition coefficient (Wildman–Crippen LogP) is 3.45. The Morgan fingerprint density at radius 1 is 1.41 bits per heavy atom. The molecule has 3 heteroatoms. The molecule has 94 valence electrons. The summed E-state index contributed by atoms with van der Waals surface area (Å²) in [4.78, 5) is 0. The summed E-state index contributed by atoms with van der Waals surface area (Å²) in [5, 5.41) is 0. The summed E-state index contributed by atoms with van der Waals surface area (Å²) in [6.45, 7) is 6.31. The van der Waals surface area contributed by atoms with Crippen LogP contribution in [-0.2, 0) is 5.41 Å². The predicted molar refractivity (Wildman–Crippen MR) is 74.7 cm³/mol. The van der Waals surface area contributed by atoms with Crippen LogP contribution in [0.1, 0.15) is 36.5 Å². The van der Waals surface area contributed by atoms with Crippen molar-refractivity contribution in [1.29, 1.82) is 0 Å². The van der Waals surface area contributed by atoms with E-state index >= 15 is 0 Å². The third-order valence-corrected chi connectivity index (χ3v) is 5.24. The van der Waals surface area contributed by atoms with Crippen LogP contribution in [0.3, 0.4) is 0 Å². The van der Waals surface area contributed by atoms with Crippen LogP contribution in [-0.4, -0.2) is 13.2 Å². The molecule has 2 N–H and O–H groups in total. The molecule has 0 aromatic heterocycles. The Kier molecular flexibility index (Phi) is 3.25. The maximum Gasteiger partial charge on any atom is 0.126 e. The van der Waals surface area contributed by atoms with Gasteiger partial charge in [0.2, 0.25) is 0 Å². The molecule has 0 radical (unpaired) electrons. The Labute approximate surface area is 112 Å². The van der Waals surface area contributed by atoms with Gasteiger partial charge in [-0.2, -0.15) is 0 Å². The highest BCUT2D eigenvalue weighted by Crippen LogP contribution is 2.54. The molecule has 2 rings (SSSR count). The third kappa shape index (κ3) is 1.89. The van der Waals surface area contributed by atoms with Crippen molar-refractivity contribution in [3.8, 4) is 5.75 Å². The lowest BCUT2D eigenvalue weighted by atomic mass is 9.86. The highest BCUT2D eigenvalue weighted by Gasteiger charge is 2.49. The van der Waals surface area contributed by atoms with Crippen molar-refractivity contribution in [3.63, 3.8) is 0 Å². The van der Waals surface area contributed by atoms with Crippen molar-refractivity contribution in [2.75, 3.05) is 7.11 Å². The lowest BCUT2D eigenvalue weighted by Crippen LogP contribution is -2.32. The molecule has 0 aliphatic heterocycles. The second-order valence-electron chi connectivity index (χ2n) is 5.16. The summed E-state index contributed by atoms with van der Waals surface area (Å²) in [6.07, 6.45) is 2.34. The van der Waals surface area contributed by atoms with Gasteiger partial charge in [-0.3, -0.25) is 0 Å². The second-order valence-corrected chi connectivity index (χ2v) is 5.95. The van der Waals surface area contributed by atoms with Crippen molar-refractivity contribution < 1.29 is 4.74 Å². The van der Waals surface area contributed by atoms with E-state index in [0.717, 1.165) is 10.2 Å². The number of benzene rings is 1. The number of nitrogens with two attached hydrogens (primary N) is 1. The zero-order chi connectivity index (χ0) is 12.8. The van der Waals surface area contributed by atoms with E-state index in [4.69, 9.17) is 10.5 Å². The molecule has 0 bridgehead atoms. The first-order valence-corrected chi connectivity index (χ1v) is 6.83. The van der Waals surface area contributed by atoms with Gasteiger partial charge in [-0.15, -0.1) is 0 Å². The number of ether oxygens (including phenoxy) is 1. The van der Waals surface area contributed by atoms with E-state index in [9.17, 15) is 0 Å². The van der Waals surface area contributed by atoms with E-state index in [-0.39, 0.29) is 11.5 Å². The van der Waals surface area contributed by atoms with Gasteiger partial charge in [0, 0.05) is 27.1 Å². The minimum atomic E-state index is 0.140. The van der Waals surface area contributed by atoms with Gasteiger partial charge in [0.05, 0.1) is 7.11 Å². The lowest BCUT2D eigenvalue weighted by molar-refractivity contribution is 0.395. The highest BCUT2D eigenvalue weighted by molar-refractivity contribution is 9.10. The first-order valence-electron chi connectivity index (χ1n) is 6.04. The molecule has 1 atom stereocenters. The quantitative estimate of drug-likeness (QED) is 0.927. The van der Waals surface area contributed by atoms with E-state index in [1.165, 1.54) is 29.5 Å². The number of aryl methyl sites for hydroxylation is 1. The summed E-state index contributed by atoms with van der Waals surface area (Å²) >= 11 is 3.62. The molecule has 0 heterocycles. The van der Waals surface area contributed by atoms with Crippen molar-refractivity contribution in [1.82, 2.24) is 0 Å². The van der Waals surface area contributed by atoms with Crippen LogP contribution in [0.2, 0.25) is 0 Å². The van der Waals surface area contributed by atoms with E-state index in [2.05, 4.69) is 42.8 Å². The summed E-state index contributed by atoms with van der Waals surface area (Å²) in [6, 6.07) is 2.41. The Hall–Kier alpha value is -0.540. The van der Waals surface area contributed by atoms with E-state index in [1.54, 1.807) is 7.11 Å². The van der Waals surface area contributed by atoms with Gasteiger partial charge in [0.15, 0.2) is 0 Å². The smallest absolute Gasteiger partial charge is 0.126 e. The number of halogens is 1. The second kappa shape index (κ2) is 4.29. The molecule has 2 nitrogen and oxygen atoms in total. The van der Waals surface area contributed by atoms with Crippen molar-refractivity contribution >= 4 is 15.9 Å². The fraction of sp³-hybridized carbons (Fsp3) is 0.571. The Balaban J connectivity index is 2.62. The Morgan fingerprint density at radius 2 is 2.00 bits per heavy atom. The molecule has 1 aliphatic rings. The molecule has 1 fully saturated rings. The lowest BCUT2D eigenvalue weighted by Gasteiger charge is -2.25. The van der Waals surface area contributed by atoms with Crippen LogP contribution in [0.4, 0.5) is 0 Å². The first-order chi connectivity index (χ1) is 7.94. The summed E-state index contributed by atoms with van der Waals surface area (Å²) < 4.78 is 6.74. The summed E-state index contributed by atoms with van der Waals surface area (Å²) in [7, 11) is 1.74.